The van der Waals surface area contributed by atoms with Gasteiger partial charge in [0.2, 0.25) is 0 Å². The number of benzene rings is 2. The highest BCUT2D eigenvalue weighted by atomic mass is 16.6. The van der Waals surface area contributed by atoms with Crippen LogP contribution in [0, 0.1) is 0 Å². The number of amides is 1. The van der Waals surface area contributed by atoms with E-state index in [2.05, 4.69) is 6.58 Å². The van der Waals surface area contributed by atoms with Crippen molar-refractivity contribution in [2.75, 3.05) is 0 Å². The van der Waals surface area contributed by atoms with E-state index in [1.165, 1.54) is 4.90 Å². The molecule has 0 radical (unpaired) electrons. The van der Waals surface area contributed by atoms with Gasteiger partial charge in [0.05, 0.1) is 0 Å². The maximum atomic E-state index is 13.3. The van der Waals surface area contributed by atoms with Gasteiger partial charge in [-0.05, 0) is 37.5 Å². The number of rotatable bonds is 4. The number of carbonyl (C=O) groups is 2. The molecule has 1 atom stereocenters. The van der Waals surface area contributed by atoms with Crippen LogP contribution < -0.4 is 0 Å². The smallest absolute Gasteiger partial charge is 0.331 e. The van der Waals surface area contributed by atoms with Crippen molar-refractivity contribution in [2.24, 2.45) is 0 Å². The molecule has 1 aliphatic heterocycles. The zero-order chi connectivity index (χ0) is 18.0. The van der Waals surface area contributed by atoms with E-state index in [-0.39, 0.29) is 5.91 Å². The second-order valence-electron chi connectivity index (χ2n) is 6.49. The molecule has 0 bridgehead atoms. The van der Waals surface area contributed by atoms with Gasteiger partial charge in [-0.2, -0.15) is 0 Å². The van der Waals surface area contributed by atoms with Crippen LogP contribution in [0.4, 0.5) is 0 Å². The number of carbonyl (C=O) groups excluding carboxylic acids is 2. The van der Waals surface area contributed by atoms with Crippen LogP contribution in [0.5, 0.6) is 0 Å². The molecule has 1 saturated heterocycles. The third-order valence-electron chi connectivity index (χ3n) is 4.37. The van der Waals surface area contributed by atoms with Gasteiger partial charge in [-0.3, -0.25) is 9.69 Å². The Balaban J connectivity index is 2.06. The molecule has 2 aromatic carbocycles. The summed E-state index contributed by atoms with van der Waals surface area (Å²) in [6.45, 7) is 7.16. The molecule has 1 heterocycles. The summed E-state index contributed by atoms with van der Waals surface area (Å²) >= 11 is 0. The van der Waals surface area contributed by atoms with Crippen molar-refractivity contribution in [1.29, 1.82) is 0 Å². The minimum Gasteiger partial charge on any atom is -0.438 e. The lowest BCUT2D eigenvalue weighted by atomic mass is 9.97. The average molecular weight is 335 g/mol. The van der Waals surface area contributed by atoms with Gasteiger partial charge in [-0.25, -0.2) is 4.79 Å². The molecule has 2 aromatic rings. The molecule has 128 valence electrons. The van der Waals surface area contributed by atoms with Crippen molar-refractivity contribution in [1.82, 2.24) is 4.90 Å². The highest BCUT2D eigenvalue weighted by Gasteiger charge is 2.50. The number of nitrogens with zero attached hydrogens (tertiary/aromatic N) is 1. The molecular weight excluding hydrogens is 314 g/mol. The van der Waals surface area contributed by atoms with E-state index in [0.717, 1.165) is 11.1 Å². The molecule has 1 fully saturated rings. The van der Waals surface area contributed by atoms with Crippen molar-refractivity contribution in [3.8, 4) is 11.1 Å². The highest BCUT2D eigenvalue weighted by Crippen LogP contribution is 2.34. The second kappa shape index (κ2) is 6.55. The van der Waals surface area contributed by atoms with Crippen LogP contribution in [-0.4, -0.2) is 28.5 Å². The van der Waals surface area contributed by atoms with Crippen LogP contribution in [0.25, 0.3) is 11.1 Å². The second-order valence-corrected chi connectivity index (χ2v) is 6.49. The highest BCUT2D eigenvalue weighted by molar-refractivity contribution is 6.03. The Morgan fingerprint density at radius 3 is 2.48 bits per heavy atom. The number of hydrogen-bond donors (Lipinski definition) is 0. The van der Waals surface area contributed by atoms with E-state index in [1.807, 2.05) is 48.5 Å². The zero-order valence-electron chi connectivity index (χ0n) is 14.4. The van der Waals surface area contributed by atoms with Gasteiger partial charge in [-0.15, -0.1) is 6.58 Å². The fraction of sp³-hybridized carbons (Fsp3) is 0.238. The van der Waals surface area contributed by atoms with Crippen LogP contribution in [0.1, 0.15) is 30.6 Å². The molecule has 0 aliphatic carbocycles. The summed E-state index contributed by atoms with van der Waals surface area (Å²) in [7, 11) is 0. The topological polar surface area (TPSA) is 46.6 Å². The van der Waals surface area contributed by atoms with Gasteiger partial charge < -0.3 is 4.74 Å². The average Bonchev–Trinajstić information content (AvgIpc) is 2.84. The van der Waals surface area contributed by atoms with Crippen molar-refractivity contribution < 1.29 is 14.3 Å². The van der Waals surface area contributed by atoms with Gasteiger partial charge in [0.1, 0.15) is 6.04 Å². The maximum Gasteiger partial charge on any atom is 0.331 e. The summed E-state index contributed by atoms with van der Waals surface area (Å²) in [6, 6.07) is 16.5. The minimum absolute atomic E-state index is 0.220. The summed E-state index contributed by atoms with van der Waals surface area (Å²) < 4.78 is 5.43. The van der Waals surface area contributed by atoms with Crippen molar-refractivity contribution >= 4 is 11.9 Å². The Morgan fingerprint density at radius 2 is 1.80 bits per heavy atom. The first-order valence-electron chi connectivity index (χ1n) is 8.27. The molecule has 1 amide bonds. The third kappa shape index (κ3) is 3.07. The standard InChI is InChI=1S/C21H21NO3/c1-4-10-18-20(24)25-21(2,3)22(18)19(23)17-14-9-8-13-16(17)15-11-6-5-7-12-15/h4-9,11-14,18H,1,10H2,2-3H3/t18-/m1/s1. The first kappa shape index (κ1) is 17.0. The Morgan fingerprint density at radius 1 is 1.16 bits per heavy atom. The van der Waals surface area contributed by atoms with Crippen molar-refractivity contribution in [2.45, 2.75) is 32.0 Å². The Bertz CT molecular complexity index is 811. The molecule has 1 aliphatic rings. The lowest BCUT2D eigenvalue weighted by Crippen LogP contribution is -2.48. The van der Waals surface area contributed by atoms with Gasteiger partial charge >= 0.3 is 5.97 Å². The molecule has 25 heavy (non-hydrogen) atoms. The normalized spacial score (nSPS) is 18.7. The summed E-state index contributed by atoms with van der Waals surface area (Å²) in [5, 5.41) is 0. The Labute approximate surface area is 147 Å². The van der Waals surface area contributed by atoms with Crippen molar-refractivity contribution in [3.05, 3.63) is 72.8 Å². The van der Waals surface area contributed by atoms with Crippen LogP contribution in [-0.2, 0) is 9.53 Å². The molecular formula is C21H21NO3. The molecule has 0 N–H and O–H groups in total. The Kier molecular flexibility index (Phi) is 4.45. The van der Waals surface area contributed by atoms with E-state index in [0.29, 0.717) is 12.0 Å². The van der Waals surface area contributed by atoms with Gasteiger partial charge in [0.25, 0.3) is 5.91 Å². The van der Waals surface area contributed by atoms with Crippen LogP contribution in [0.2, 0.25) is 0 Å². The SMILES string of the molecule is C=CC[C@@H]1C(=O)OC(C)(C)N1C(=O)c1ccccc1-c1ccccc1. The van der Waals surface area contributed by atoms with Gasteiger partial charge in [0, 0.05) is 5.56 Å². The summed E-state index contributed by atoms with van der Waals surface area (Å²) in [6.07, 6.45) is 2.00. The minimum atomic E-state index is -0.994. The zero-order valence-corrected chi connectivity index (χ0v) is 14.4. The van der Waals surface area contributed by atoms with E-state index in [9.17, 15) is 9.59 Å². The fourth-order valence-corrected chi connectivity index (χ4v) is 3.26. The van der Waals surface area contributed by atoms with Crippen LogP contribution in [0.3, 0.4) is 0 Å². The van der Waals surface area contributed by atoms with Gasteiger partial charge in [0.15, 0.2) is 5.72 Å². The summed E-state index contributed by atoms with van der Waals surface area (Å²) in [4.78, 5) is 27.1. The van der Waals surface area contributed by atoms with E-state index in [1.54, 1.807) is 26.0 Å². The largest absolute Gasteiger partial charge is 0.438 e. The van der Waals surface area contributed by atoms with Crippen LogP contribution >= 0.6 is 0 Å². The number of esters is 1. The molecule has 4 heteroatoms. The number of cyclic esters (lactones) is 1. The summed E-state index contributed by atoms with van der Waals surface area (Å²) in [5.41, 5.74) is 1.34. The molecule has 0 unspecified atom stereocenters. The lowest BCUT2D eigenvalue weighted by molar-refractivity contribution is -0.148. The number of hydrogen-bond acceptors (Lipinski definition) is 3. The molecule has 3 rings (SSSR count). The molecule has 0 aromatic heterocycles. The molecule has 0 spiro atoms. The monoisotopic (exact) mass is 335 g/mol. The molecule has 0 saturated carbocycles. The first-order chi connectivity index (χ1) is 12.0. The third-order valence-corrected chi connectivity index (χ3v) is 4.37. The van der Waals surface area contributed by atoms with Crippen LogP contribution in [0.15, 0.2) is 67.3 Å². The van der Waals surface area contributed by atoms with Gasteiger partial charge in [-0.1, -0.05) is 54.6 Å². The quantitative estimate of drug-likeness (QED) is 0.626. The number of ether oxygens (including phenoxy) is 1. The van der Waals surface area contributed by atoms with Crippen molar-refractivity contribution in [3.63, 3.8) is 0 Å². The van der Waals surface area contributed by atoms with E-state index in [4.69, 9.17) is 4.74 Å². The Hall–Kier alpha value is -2.88. The maximum absolute atomic E-state index is 13.3. The van der Waals surface area contributed by atoms with E-state index < -0.39 is 17.7 Å². The summed E-state index contributed by atoms with van der Waals surface area (Å²) in [5.74, 6) is -0.613. The first-order valence-corrected chi connectivity index (χ1v) is 8.27. The molecule has 4 nitrogen and oxygen atoms in total. The fourth-order valence-electron chi connectivity index (χ4n) is 3.26. The predicted octanol–water partition coefficient (Wildman–Crippen LogP) is 4.03. The lowest BCUT2D eigenvalue weighted by Gasteiger charge is -2.32. The predicted molar refractivity (Wildman–Crippen MR) is 96.8 cm³/mol. The van der Waals surface area contributed by atoms with E-state index >= 15 is 0 Å².